The molecule has 1 heteroatoms. The van der Waals surface area contributed by atoms with Gasteiger partial charge in [0.25, 0.3) is 0 Å². The van der Waals surface area contributed by atoms with Crippen LogP contribution in [0.3, 0.4) is 0 Å². The maximum absolute atomic E-state index is 8.36. The van der Waals surface area contributed by atoms with Crippen LogP contribution in [0.25, 0.3) is 0 Å². The van der Waals surface area contributed by atoms with E-state index in [0.717, 1.165) is 25.5 Å². The van der Waals surface area contributed by atoms with Gasteiger partial charge < -0.3 is 5.11 Å². The standard InChI is InChI=1S/C12H20O/c1-2-3-4-5-6-7-8-9-10-11-12-13/h2,4-5,11-13H,1,3,6-10H2. The van der Waals surface area contributed by atoms with Crippen molar-refractivity contribution in [3.8, 4) is 0 Å². The Bertz CT molecular complexity index is 157. The van der Waals surface area contributed by atoms with Gasteiger partial charge in [0.2, 0.25) is 0 Å². The number of rotatable bonds is 8. The number of hydrogen-bond donors (Lipinski definition) is 1. The van der Waals surface area contributed by atoms with Crippen LogP contribution in [0, 0.1) is 0 Å². The third-order valence-corrected chi connectivity index (χ3v) is 1.82. The van der Waals surface area contributed by atoms with Gasteiger partial charge in [-0.1, -0.05) is 30.7 Å². The van der Waals surface area contributed by atoms with Crippen LogP contribution in [0.2, 0.25) is 0 Å². The van der Waals surface area contributed by atoms with E-state index in [1.807, 2.05) is 6.08 Å². The van der Waals surface area contributed by atoms with Gasteiger partial charge >= 0.3 is 0 Å². The number of allylic oxidation sites excluding steroid dienone is 4. The topological polar surface area (TPSA) is 20.2 Å². The van der Waals surface area contributed by atoms with Gasteiger partial charge in [0.05, 0.1) is 6.26 Å². The molecule has 0 aliphatic carbocycles. The fourth-order valence-electron chi connectivity index (χ4n) is 1.09. The van der Waals surface area contributed by atoms with E-state index in [1.54, 1.807) is 6.08 Å². The second-order valence-corrected chi connectivity index (χ2v) is 3.02. The first-order chi connectivity index (χ1) is 6.41. The first-order valence-corrected chi connectivity index (χ1v) is 4.97. The van der Waals surface area contributed by atoms with E-state index in [4.69, 9.17) is 5.11 Å². The molecule has 13 heavy (non-hydrogen) atoms. The quantitative estimate of drug-likeness (QED) is 0.338. The van der Waals surface area contributed by atoms with Crippen molar-refractivity contribution in [2.75, 3.05) is 0 Å². The van der Waals surface area contributed by atoms with Crippen molar-refractivity contribution in [2.24, 2.45) is 0 Å². The predicted octanol–water partition coefficient (Wildman–Crippen LogP) is 4.14. The average Bonchev–Trinajstić information content (AvgIpc) is 2.16. The summed E-state index contributed by atoms with van der Waals surface area (Å²) in [6, 6.07) is 0. The van der Waals surface area contributed by atoms with Gasteiger partial charge in [-0.15, -0.1) is 6.58 Å². The van der Waals surface area contributed by atoms with Crippen molar-refractivity contribution in [2.45, 2.75) is 38.5 Å². The molecule has 1 nitrogen and oxygen atoms in total. The van der Waals surface area contributed by atoms with Crippen molar-refractivity contribution in [3.63, 3.8) is 0 Å². The predicted molar refractivity (Wildman–Crippen MR) is 58.8 cm³/mol. The lowest BCUT2D eigenvalue weighted by atomic mass is 10.1. The van der Waals surface area contributed by atoms with Gasteiger partial charge in [0, 0.05) is 0 Å². The van der Waals surface area contributed by atoms with E-state index in [1.165, 1.54) is 19.3 Å². The first kappa shape index (κ1) is 12.0. The van der Waals surface area contributed by atoms with Gasteiger partial charge in [-0.25, -0.2) is 0 Å². The molecule has 0 aromatic carbocycles. The van der Waals surface area contributed by atoms with Crippen LogP contribution in [-0.4, -0.2) is 5.11 Å². The maximum atomic E-state index is 8.36. The normalized spacial score (nSPS) is 11.4. The minimum Gasteiger partial charge on any atom is -0.516 e. The minimum atomic E-state index is 0.979. The smallest absolute Gasteiger partial charge is 0.0751 e. The molecular formula is C12H20O. The van der Waals surface area contributed by atoms with E-state index >= 15 is 0 Å². The van der Waals surface area contributed by atoms with E-state index in [9.17, 15) is 0 Å². The molecule has 0 aromatic rings. The molecule has 0 saturated carbocycles. The summed E-state index contributed by atoms with van der Waals surface area (Å²) >= 11 is 0. The molecule has 0 unspecified atom stereocenters. The van der Waals surface area contributed by atoms with Crippen molar-refractivity contribution in [1.29, 1.82) is 0 Å². The highest BCUT2D eigenvalue weighted by Crippen LogP contribution is 2.04. The molecule has 0 rings (SSSR count). The first-order valence-electron chi connectivity index (χ1n) is 4.97. The second-order valence-electron chi connectivity index (χ2n) is 3.02. The molecule has 0 saturated heterocycles. The lowest BCUT2D eigenvalue weighted by Crippen LogP contribution is -1.74. The molecule has 0 aliphatic rings. The van der Waals surface area contributed by atoms with Gasteiger partial charge in [-0.3, -0.25) is 0 Å². The van der Waals surface area contributed by atoms with Gasteiger partial charge in [-0.05, 0) is 32.1 Å². The van der Waals surface area contributed by atoms with Crippen molar-refractivity contribution < 1.29 is 5.11 Å². The molecule has 0 atom stereocenters. The highest BCUT2D eigenvalue weighted by atomic mass is 16.2. The summed E-state index contributed by atoms with van der Waals surface area (Å²) in [7, 11) is 0. The lowest BCUT2D eigenvalue weighted by molar-refractivity contribution is 0.469. The largest absolute Gasteiger partial charge is 0.516 e. The summed E-state index contributed by atoms with van der Waals surface area (Å²) < 4.78 is 0. The molecule has 0 aromatic heterocycles. The van der Waals surface area contributed by atoms with Gasteiger partial charge in [-0.2, -0.15) is 0 Å². The molecule has 0 aliphatic heterocycles. The highest BCUT2D eigenvalue weighted by molar-refractivity contribution is 4.88. The average molecular weight is 180 g/mol. The minimum absolute atomic E-state index is 0.979. The molecule has 0 amide bonds. The van der Waals surface area contributed by atoms with Crippen LogP contribution in [0.15, 0.2) is 37.1 Å². The van der Waals surface area contributed by atoms with Crippen molar-refractivity contribution in [1.82, 2.24) is 0 Å². The van der Waals surface area contributed by atoms with Crippen molar-refractivity contribution >= 4 is 0 Å². The molecule has 0 bridgehead atoms. The zero-order valence-corrected chi connectivity index (χ0v) is 8.28. The Kier molecular flexibility index (Phi) is 10.2. The van der Waals surface area contributed by atoms with Crippen LogP contribution in [0.4, 0.5) is 0 Å². The monoisotopic (exact) mass is 180 g/mol. The number of hydrogen-bond acceptors (Lipinski definition) is 1. The maximum Gasteiger partial charge on any atom is 0.0751 e. The number of aliphatic hydroxyl groups is 1. The Morgan fingerprint density at radius 3 is 2.23 bits per heavy atom. The molecule has 1 N–H and O–H groups in total. The van der Waals surface area contributed by atoms with E-state index in [0.29, 0.717) is 0 Å². The summed E-state index contributed by atoms with van der Waals surface area (Å²) in [5.41, 5.74) is 0. The third-order valence-electron chi connectivity index (χ3n) is 1.82. The number of aliphatic hydroxyl groups excluding tert-OH is 1. The zero-order valence-electron chi connectivity index (χ0n) is 8.28. The Morgan fingerprint density at radius 2 is 1.62 bits per heavy atom. The van der Waals surface area contributed by atoms with E-state index in [2.05, 4.69) is 18.7 Å². The van der Waals surface area contributed by atoms with Crippen LogP contribution < -0.4 is 0 Å². The Balaban J connectivity index is 3.03. The fraction of sp³-hybridized carbons (Fsp3) is 0.500. The second kappa shape index (κ2) is 11.0. The summed E-state index contributed by atoms with van der Waals surface area (Å²) in [5, 5.41) is 8.36. The lowest BCUT2D eigenvalue weighted by Gasteiger charge is -1.94. The van der Waals surface area contributed by atoms with E-state index in [-0.39, 0.29) is 0 Å². The van der Waals surface area contributed by atoms with Gasteiger partial charge in [0.1, 0.15) is 0 Å². The van der Waals surface area contributed by atoms with Crippen LogP contribution in [0.5, 0.6) is 0 Å². The number of unbranched alkanes of at least 4 members (excludes halogenated alkanes) is 4. The van der Waals surface area contributed by atoms with Crippen LogP contribution >= 0.6 is 0 Å². The molecule has 0 radical (unpaired) electrons. The van der Waals surface area contributed by atoms with Crippen LogP contribution in [0.1, 0.15) is 38.5 Å². The molecule has 0 spiro atoms. The molecular weight excluding hydrogens is 160 g/mol. The Labute approximate surface area is 81.5 Å². The zero-order chi connectivity index (χ0) is 9.78. The van der Waals surface area contributed by atoms with Crippen molar-refractivity contribution in [3.05, 3.63) is 37.1 Å². The Morgan fingerprint density at radius 1 is 0.923 bits per heavy atom. The molecule has 74 valence electrons. The molecule has 0 heterocycles. The van der Waals surface area contributed by atoms with Crippen LogP contribution in [-0.2, 0) is 0 Å². The van der Waals surface area contributed by atoms with E-state index < -0.39 is 0 Å². The summed E-state index contributed by atoms with van der Waals surface area (Å²) in [6.07, 6.45) is 16.0. The third kappa shape index (κ3) is 11.0. The summed E-state index contributed by atoms with van der Waals surface area (Å²) in [6.45, 7) is 3.65. The fourth-order valence-corrected chi connectivity index (χ4v) is 1.09. The molecule has 0 fully saturated rings. The summed E-state index contributed by atoms with van der Waals surface area (Å²) in [4.78, 5) is 0. The summed E-state index contributed by atoms with van der Waals surface area (Å²) in [5.74, 6) is 0. The highest BCUT2D eigenvalue weighted by Gasteiger charge is 1.84. The van der Waals surface area contributed by atoms with Gasteiger partial charge in [0.15, 0.2) is 0 Å². The Hall–Kier alpha value is -0.980. The SMILES string of the molecule is C=CCC=CCCCCCC=CO.